The molecule has 0 bridgehead atoms. The third-order valence-electron chi connectivity index (χ3n) is 6.61. The Morgan fingerprint density at radius 2 is 1.68 bits per heavy atom. The molecular formula is C29H36N4O. The first-order valence-corrected chi connectivity index (χ1v) is 12.6. The number of carbonyl (C=O) groups is 1. The standard InChI is InChI=1S/C29H36N4O/c1-4-5-7-15-27(34)32-16-18-33(19-17-32)29-26(21-24-12-10-11-22(2)20-24)23(3)30-28(31-29)25-13-8-6-9-14-25/h6,8-14,20H,4-5,7,15-19,21H2,1-3H3. The third-order valence-corrected chi connectivity index (χ3v) is 6.61. The normalized spacial score (nSPS) is 13.9. The predicted molar refractivity (Wildman–Crippen MR) is 139 cm³/mol. The lowest BCUT2D eigenvalue weighted by Crippen LogP contribution is -2.49. The summed E-state index contributed by atoms with van der Waals surface area (Å²) in [5.74, 6) is 2.06. The molecule has 4 rings (SSSR count). The maximum Gasteiger partial charge on any atom is 0.222 e. The van der Waals surface area contributed by atoms with Gasteiger partial charge in [0, 0.05) is 55.8 Å². The van der Waals surface area contributed by atoms with Gasteiger partial charge >= 0.3 is 0 Å². The summed E-state index contributed by atoms with van der Waals surface area (Å²) < 4.78 is 0. The van der Waals surface area contributed by atoms with E-state index in [1.807, 2.05) is 23.1 Å². The number of aryl methyl sites for hydroxylation is 2. The Morgan fingerprint density at radius 1 is 0.912 bits per heavy atom. The summed E-state index contributed by atoms with van der Waals surface area (Å²) in [4.78, 5) is 27.0. The lowest BCUT2D eigenvalue weighted by molar-refractivity contribution is -0.131. The van der Waals surface area contributed by atoms with Crippen LogP contribution in [0.1, 0.15) is 55.0 Å². The Labute approximate surface area is 203 Å². The third kappa shape index (κ3) is 5.82. The van der Waals surface area contributed by atoms with Gasteiger partial charge in [-0.15, -0.1) is 0 Å². The van der Waals surface area contributed by atoms with Crippen LogP contribution in [0.5, 0.6) is 0 Å². The van der Waals surface area contributed by atoms with Crippen molar-refractivity contribution < 1.29 is 4.79 Å². The van der Waals surface area contributed by atoms with Gasteiger partial charge in [0.15, 0.2) is 5.82 Å². The highest BCUT2D eigenvalue weighted by Crippen LogP contribution is 2.28. The summed E-state index contributed by atoms with van der Waals surface area (Å²) in [7, 11) is 0. The lowest BCUT2D eigenvalue weighted by atomic mass is 10.0. The molecule has 5 heteroatoms. The number of hydrogen-bond acceptors (Lipinski definition) is 4. The minimum atomic E-state index is 0.289. The monoisotopic (exact) mass is 456 g/mol. The van der Waals surface area contributed by atoms with E-state index in [0.29, 0.717) is 6.42 Å². The number of rotatable bonds is 8. The predicted octanol–water partition coefficient (Wildman–Crippen LogP) is 5.58. The van der Waals surface area contributed by atoms with Crippen LogP contribution in [-0.2, 0) is 11.2 Å². The van der Waals surface area contributed by atoms with Gasteiger partial charge in [-0.25, -0.2) is 9.97 Å². The molecule has 0 aliphatic carbocycles. The highest BCUT2D eigenvalue weighted by molar-refractivity contribution is 5.76. The van der Waals surface area contributed by atoms with Crippen molar-refractivity contribution in [1.29, 1.82) is 0 Å². The molecule has 178 valence electrons. The minimum Gasteiger partial charge on any atom is -0.353 e. The zero-order valence-electron chi connectivity index (χ0n) is 20.8. The van der Waals surface area contributed by atoms with Crippen LogP contribution in [0.25, 0.3) is 11.4 Å². The minimum absolute atomic E-state index is 0.289. The summed E-state index contributed by atoms with van der Waals surface area (Å²) in [5, 5.41) is 0. The Bertz CT molecular complexity index is 1100. The molecule has 34 heavy (non-hydrogen) atoms. The van der Waals surface area contributed by atoms with Crippen molar-refractivity contribution in [2.24, 2.45) is 0 Å². The van der Waals surface area contributed by atoms with Crippen LogP contribution in [-0.4, -0.2) is 47.0 Å². The van der Waals surface area contributed by atoms with Crippen LogP contribution in [0, 0.1) is 13.8 Å². The largest absolute Gasteiger partial charge is 0.353 e. The zero-order valence-corrected chi connectivity index (χ0v) is 20.8. The van der Waals surface area contributed by atoms with E-state index in [9.17, 15) is 4.79 Å². The Balaban J connectivity index is 1.60. The van der Waals surface area contributed by atoms with Gasteiger partial charge in [0.05, 0.1) is 0 Å². The second-order valence-corrected chi connectivity index (χ2v) is 9.29. The quantitative estimate of drug-likeness (QED) is 0.415. The van der Waals surface area contributed by atoms with E-state index in [1.54, 1.807) is 0 Å². The highest BCUT2D eigenvalue weighted by Gasteiger charge is 2.25. The van der Waals surface area contributed by atoms with Gasteiger partial charge in [-0.1, -0.05) is 79.9 Å². The molecule has 1 aliphatic heterocycles. The van der Waals surface area contributed by atoms with E-state index in [4.69, 9.17) is 9.97 Å². The molecule has 3 aromatic rings. The maximum absolute atomic E-state index is 12.6. The van der Waals surface area contributed by atoms with Gasteiger partial charge < -0.3 is 9.80 Å². The van der Waals surface area contributed by atoms with E-state index >= 15 is 0 Å². The molecule has 0 spiro atoms. The van der Waals surface area contributed by atoms with Crippen LogP contribution < -0.4 is 4.90 Å². The van der Waals surface area contributed by atoms with E-state index < -0.39 is 0 Å². The molecule has 0 unspecified atom stereocenters. The topological polar surface area (TPSA) is 49.3 Å². The molecule has 0 radical (unpaired) electrons. The first kappa shape index (κ1) is 23.9. The Morgan fingerprint density at radius 3 is 2.38 bits per heavy atom. The molecule has 1 aliphatic rings. The van der Waals surface area contributed by atoms with Gasteiger partial charge in [0.1, 0.15) is 5.82 Å². The number of benzene rings is 2. The van der Waals surface area contributed by atoms with E-state index in [0.717, 1.165) is 74.8 Å². The number of hydrogen-bond donors (Lipinski definition) is 0. The van der Waals surface area contributed by atoms with E-state index in [1.165, 1.54) is 16.7 Å². The van der Waals surface area contributed by atoms with Crippen molar-refractivity contribution in [3.63, 3.8) is 0 Å². The van der Waals surface area contributed by atoms with Crippen LogP contribution >= 0.6 is 0 Å². The number of amides is 1. The molecule has 1 amide bonds. The van der Waals surface area contributed by atoms with Gasteiger partial charge in [-0.3, -0.25) is 4.79 Å². The summed E-state index contributed by atoms with van der Waals surface area (Å²) >= 11 is 0. The molecule has 0 N–H and O–H groups in total. The number of piperazine rings is 1. The number of anilines is 1. The van der Waals surface area contributed by atoms with Crippen molar-refractivity contribution in [3.8, 4) is 11.4 Å². The number of aromatic nitrogens is 2. The fourth-order valence-corrected chi connectivity index (χ4v) is 4.64. The van der Waals surface area contributed by atoms with Gasteiger partial charge in [0.25, 0.3) is 0 Å². The smallest absolute Gasteiger partial charge is 0.222 e. The Hall–Kier alpha value is -3.21. The highest BCUT2D eigenvalue weighted by atomic mass is 16.2. The molecule has 1 saturated heterocycles. The van der Waals surface area contributed by atoms with Crippen molar-refractivity contribution in [3.05, 3.63) is 77.0 Å². The zero-order chi connectivity index (χ0) is 23.9. The van der Waals surface area contributed by atoms with Crippen LogP contribution in [0.15, 0.2) is 54.6 Å². The molecule has 2 aromatic carbocycles. The van der Waals surface area contributed by atoms with Crippen LogP contribution in [0.3, 0.4) is 0 Å². The van der Waals surface area contributed by atoms with Gasteiger partial charge in [-0.2, -0.15) is 0 Å². The van der Waals surface area contributed by atoms with Gasteiger partial charge in [-0.05, 0) is 25.8 Å². The number of unbranched alkanes of at least 4 members (excludes halogenated alkanes) is 2. The first-order valence-electron chi connectivity index (χ1n) is 12.6. The van der Waals surface area contributed by atoms with Crippen molar-refractivity contribution >= 4 is 11.7 Å². The summed E-state index contributed by atoms with van der Waals surface area (Å²) in [6, 6.07) is 18.8. The number of carbonyl (C=O) groups excluding carboxylic acids is 1. The fourth-order valence-electron chi connectivity index (χ4n) is 4.64. The molecule has 2 heterocycles. The van der Waals surface area contributed by atoms with Crippen LogP contribution in [0.4, 0.5) is 5.82 Å². The maximum atomic E-state index is 12.6. The summed E-state index contributed by atoms with van der Waals surface area (Å²) in [6.07, 6.45) is 4.71. The molecule has 1 fully saturated rings. The summed E-state index contributed by atoms with van der Waals surface area (Å²) in [6.45, 7) is 9.48. The second kappa shape index (κ2) is 11.3. The summed E-state index contributed by atoms with van der Waals surface area (Å²) in [5.41, 5.74) is 5.74. The average molecular weight is 457 g/mol. The van der Waals surface area contributed by atoms with Crippen molar-refractivity contribution in [1.82, 2.24) is 14.9 Å². The molecule has 0 atom stereocenters. The molecular weight excluding hydrogens is 420 g/mol. The lowest BCUT2D eigenvalue weighted by Gasteiger charge is -2.36. The fraction of sp³-hybridized carbons (Fsp3) is 0.414. The van der Waals surface area contributed by atoms with E-state index in [-0.39, 0.29) is 5.91 Å². The first-order chi connectivity index (χ1) is 16.5. The van der Waals surface area contributed by atoms with Crippen molar-refractivity contribution in [2.45, 2.75) is 52.9 Å². The van der Waals surface area contributed by atoms with Gasteiger partial charge in [0.2, 0.25) is 5.91 Å². The number of nitrogens with zero attached hydrogens (tertiary/aromatic N) is 4. The Kier molecular flexibility index (Phi) is 7.94. The molecule has 5 nitrogen and oxygen atoms in total. The van der Waals surface area contributed by atoms with Crippen LogP contribution in [0.2, 0.25) is 0 Å². The van der Waals surface area contributed by atoms with E-state index in [2.05, 4.69) is 62.1 Å². The molecule has 0 saturated carbocycles. The SMILES string of the molecule is CCCCCC(=O)N1CCN(c2nc(-c3ccccc3)nc(C)c2Cc2cccc(C)c2)CC1. The average Bonchev–Trinajstić information content (AvgIpc) is 2.86. The van der Waals surface area contributed by atoms with Crippen molar-refractivity contribution in [2.75, 3.05) is 31.1 Å². The second-order valence-electron chi connectivity index (χ2n) is 9.29. The molecule has 1 aromatic heterocycles.